The lowest BCUT2D eigenvalue weighted by Crippen LogP contribution is -2.13. The Labute approximate surface area is 147 Å². The molecule has 4 nitrogen and oxygen atoms in total. The van der Waals surface area contributed by atoms with Crippen LogP contribution in [0.15, 0.2) is 41.3 Å². The molecule has 2 aromatic rings. The minimum atomic E-state index is -0.178. The predicted octanol–water partition coefficient (Wildman–Crippen LogP) is 4.28. The zero-order valence-electron chi connectivity index (χ0n) is 12.5. The van der Waals surface area contributed by atoms with Crippen LogP contribution >= 0.6 is 34.4 Å². The Kier molecular flexibility index (Phi) is 5.96. The second kappa shape index (κ2) is 7.73. The first kappa shape index (κ1) is 17.0. The number of amides is 1. The van der Waals surface area contributed by atoms with E-state index in [0.29, 0.717) is 17.1 Å². The number of thioether (sulfide) groups is 1. The van der Waals surface area contributed by atoms with Crippen molar-refractivity contribution in [3.63, 3.8) is 0 Å². The minimum absolute atomic E-state index is 0.178. The Hall–Kier alpha value is -1.41. The summed E-state index contributed by atoms with van der Waals surface area (Å²) in [6.07, 6.45) is 2.01. The molecule has 116 valence electrons. The summed E-state index contributed by atoms with van der Waals surface area (Å²) in [6, 6.07) is 11.2. The van der Waals surface area contributed by atoms with Gasteiger partial charge in [0.1, 0.15) is 0 Å². The monoisotopic (exact) mass is 429 g/mol. The van der Waals surface area contributed by atoms with E-state index in [2.05, 4.69) is 27.9 Å². The van der Waals surface area contributed by atoms with E-state index in [1.54, 1.807) is 38.1 Å². The molecule has 0 unspecified atom stereocenters. The SMILES string of the molecule is COc1cc(I)c(C(=O)Nc2ccc(SC)cc2)cc1OC. The van der Waals surface area contributed by atoms with Crippen LogP contribution in [0.3, 0.4) is 0 Å². The molecule has 0 radical (unpaired) electrons. The fraction of sp³-hybridized carbons (Fsp3) is 0.188. The third-order valence-electron chi connectivity index (χ3n) is 3.07. The maximum atomic E-state index is 12.4. The van der Waals surface area contributed by atoms with Gasteiger partial charge in [-0.3, -0.25) is 4.79 Å². The highest BCUT2D eigenvalue weighted by molar-refractivity contribution is 14.1. The maximum Gasteiger partial charge on any atom is 0.256 e. The first-order chi connectivity index (χ1) is 10.6. The number of anilines is 1. The van der Waals surface area contributed by atoms with Crippen LogP contribution in [0, 0.1) is 3.57 Å². The minimum Gasteiger partial charge on any atom is -0.493 e. The van der Waals surface area contributed by atoms with Gasteiger partial charge in [-0.25, -0.2) is 0 Å². The van der Waals surface area contributed by atoms with Crippen molar-refractivity contribution in [1.82, 2.24) is 0 Å². The topological polar surface area (TPSA) is 47.6 Å². The molecule has 2 aromatic carbocycles. The van der Waals surface area contributed by atoms with E-state index < -0.39 is 0 Å². The molecule has 2 rings (SSSR count). The highest BCUT2D eigenvalue weighted by atomic mass is 127. The summed E-state index contributed by atoms with van der Waals surface area (Å²) in [5.41, 5.74) is 1.31. The molecule has 0 fully saturated rings. The molecule has 0 saturated heterocycles. The molecular weight excluding hydrogens is 413 g/mol. The van der Waals surface area contributed by atoms with Gasteiger partial charge in [-0.15, -0.1) is 11.8 Å². The molecule has 0 spiro atoms. The molecular formula is C16H16INO3S. The Bertz CT molecular complexity index is 674. The van der Waals surface area contributed by atoms with Crippen molar-refractivity contribution >= 4 is 45.9 Å². The van der Waals surface area contributed by atoms with E-state index in [4.69, 9.17) is 9.47 Å². The van der Waals surface area contributed by atoms with E-state index >= 15 is 0 Å². The Morgan fingerprint density at radius 3 is 2.23 bits per heavy atom. The molecule has 0 atom stereocenters. The summed E-state index contributed by atoms with van der Waals surface area (Å²) in [5, 5.41) is 2.89. The number of nitrogens with one attached hydrogen (secondary N) is 1. The molecule has 0 heterocycles. The van der Waals surface area contributed by atoms with Crippen LogP contribution < -0.4 is 14.8 Å². The molecule has 1 amide bonds. The summed E-state index contributed by atoms with van der Waals surface area (Å²) < 4.78 is 11.3. The third kappa shape index (κ3) is 3.86. The number of hydrogen-bond donors (Lipinski definition) is 1. The molecule has 0 aliphatic heterocycles. The fourth-order valence-electron chi connectivity index (χ4n) is 1.90. The Morgan fingerprint density at radius 2 is 1.68 bits per heavy atom. The van der Waals surface area contributed by atoms with Crippen LogP contribution in [-0.2, 0) is 0 Å². The average molecular weight is 429 g/mol. The first-order valence-corrected chi connectivity index (χ1v) is 8.76. The quantitative estimate of drug-likeness (QED) is 0.570. The predicted molar refractivity (Wildman–Crippen MR) is 98.4 cm³/mol. The Balaban J connectivity index is 2.24. The highest BCUT2D eigenvalue weighted by Crippen LogP contribution is 2.31. The fourth-order valence-corrected chi connectivity index (χ4v) is 2.99. The summed E-state index contributed by atoms with van der Waals surface area (Å²) in [6.45, 7) is 0. The summed E-state index contributed by atoms with van der Waals surface area (Å²) in [5.74, 6) is 0.959. The van der Waals surface area contributed by atoms with Crippen LogP contribution in [0.1, 0.15) is 10.4 Å². The largest absolute Gasteiger partial charge is 0.493 e. The number of ether oxygens (including phenoxy) is 2. The van der Waals surface area contributed by atoms with E-state index in [1.807, 2.05) is 30.5 Å². The van der Waals surface area contributed by atoms with Gasteiger partial charge in [-0.2, -0.15) is 0 Å². The number of hydrogen-bond acceptors (Lipinski definition) is 4. The van der Waals surface area contributed by atoms with Gasteiger partial charge in [0.25, 0.3) is 5.91 Å². The zero-order chi connectivity index (χ0) is 16.1. The van der Waals surface area contributed by atoms with Crippen molar-refractivity contribution in [3.8, 4) is 11.5 Å². The first-order valence-electron chi connectivity index (χ1n) is 6.46. The summed E-state index contributed by atoms with van der Waals surface area (Å²) in [7, 11) is 3.12. The van der Waals surface area contributed by atoms with E-state index in [9.17, 15) is 4.79 Å². The second-order valence-corrected chi connectivity index (χ2v) is 6.41. The molecule has 22 heavy (non-hydrogen) atoms. The second-order valence-electron chi connectivity index (χ2n) is 4.37. The number of rotatable bonds is 5. The van der Waals surface area contributed by atoms with Gasteiger partial charge in [-0.1, -0.05) is 0 Å². The molecule has 0 aliphatic rings. The molecule has 0 saturated carbocycles. The normalized spacial score (nSPS) is 10.2. The van der Waals surface area contributed by atoms with Crippen molar-refractivity contribution in [3.05, 3.63) is 45.5 Å². The number of methoxy groups -OCH3 is 2. The number of halogens is 1. The molecule has 0 aliphatic carbocycles. The molecule has 0 bridgehead atoms. The van der Waals surface area contributed by atoms with Crippen molar-refractivity contribution in [2.45, 2.75) is 4.90 Å². The lowest BCUT2D eigenvalue weighted by molar-refractivity contribution is 0.102. The maximum absolute atomic E-state index is 12.4. The standard InChI is InChI=1S/C16H16INO3S/c1-20-14-8-12(13(17)9-15(14)21-2)16(19)18-10-4-6-11(22-3)7-5-10/h4-9H,1-3H3,(H,18,19). The van der Waals surface area contributed by atoms with Crippen LogP contribution in [0.5, 0.6) is 11.5 Å². The van der Waals surface area contributed by atoms with E-state index in [0.717, 1.165) is 14.2 Å². The highest BCUT2D eigenvalue weighted by Gasteiger charge is 2.15. The molecule has 0 aromatic heterocycles. The van der Waals surface area contributed by atoms with Gasteiger partial charge in [0.05, 0.1) is 19.8 Å². The molecule has 1 N–H and O–H groups in total. The van der Waals surface area contributed by atoms with Crippen molar-refractivity contribution in [2.75, 3.05) is 25.8 Å². The average Bonchev–Trinajstić information content (AvgIpc) is 2.55. The third-order valence-corrected chi connectivity index (χ3v) is 4.70. The van der Waals surface area contributed by atoms with Crippen molar-refractivity contribution < 1.29 is 14.3 Å². The van der Waals surface area contributed by atoms with Gasteiger partial charge in [0, 0.05) is 14.2 Å². The van der Waals surface area contributed by atoms with Gasteiger partial charge in [0.2, 0.25) is 0 Å². The van der Waals surface area contributed by atoms with Crippen LogP contribution in [0.4, 0.5) is 5.69 Å². The van der Waals surface area contributed by atoms with E-state index in [1.165, 1.54) is 0 Å². The zero-order valence-corrected chi connectivity index (χ0v) is 15.4. The van der Waals surface area contributed by atoms with Gasteiger partial charge >= 0.3 is 0 Å². The molecule has 6 heteroatoms. The van der Waals surface area contributed by atoms with Crippen molar-refractivity contribution in [1.29, 1.82) is 0 Å². The van der Waals surface area contributed by atoms with Crippen LogP contribution in [-0.4, -0.2) is 26.4 Å². The van der Waals surface area contributed by atoms with Gasteiger partial charge < -0.3 is 14.8 Å². The van der Waals surface area contributed by atoms with Crippen LogP contribution in [0.2, 0.25) is 0 Å². The van der Waals surface area contributed by atoms with Crippen LogP contribution in [0.25, 0.3) is 0 Å². The Morgan fingerprint density at radius 1 is 1.09 bits per heavy atom. The lowest BCUT2D eigenvalue weighted by Gasteiger charge is -2.12. The number of carbonyl (C=O) groups excluding carboxylic acids is 1. The summed E-state index contributed by atoms with van der Waals surface area (Å²) >= 11 is 3.77. The number of carbonyl (C=O) groups is 1. The van der Waals surface area contributed by atoms with E-state index in [-0.39, 0.29) is 5.91 Å². The van der Waals surface area contributed by atoms with Gasteiger partial charge in [0.15, 0.2) is 11.5 Å². The smallest absolute Gasteiger partial charge is 0.256 e. The number of benzene rings is 2. The summed E-state index contributed by atoms with van der Waals surface area (Å²) in [4.78, 5) is 13.6. The van der Waals surface area contributed by atoms with Crippen molar-refractivity contribution in [2.24, 2.45) is 0 Å². The van der Waals surface area contributed by atoms with Gasteiger partial charge in [-0.05, 0) is 65.2 Å². The lowest BCUT2D eigenvalue weighted by atomic mass is 10.2.